The third-order valence-corrected chi connectivity index (χ3v) is 9.94. The number of pyridine rings is 1. The first-order valence-corrected chi connectivity index (χ1v) is 18.4. The van der Waals surface area contributed by atoms with E-state index < -0.39 is 29.7 Å². The third kappa shape index (κ3) is 8.75. The molecule has 4 heterocycles. The second-order valence-corrected chi connectivity index (χ2v) is 13.6. The standard InChI is InChI=1S/C38H39N7O7S/c1-52-25-10-8-24(9-11-25)28-21-43-35-27(28)19-23(20-42-35)7-13-31(46)39-15-2-3-17-53-18-16-40-33(48)22-41-29-6-4-5-26-34(29)38(51)45(37(26)50)30-12-14-32(47)44-36(30)49/h4-11,13,19-21,30,41H,2-3,12,14-18,22H2,1H3,(H,39,46)(H,40,48)(H,42,43)(H,44,47,49)/b13-7+. The molecule has 0 spiro atoms. The number of aromatic nitrogens is 2. The number of fused-ring (bicyclic) bond motifs is 2. The maximum Gasteiger partial charge on any atom is 0.264 e. The van der Waals surface area contributed by atoms with Gasteiger partial charge in [0.15, 0.2) is 0 Å². The minimum absolute atomic E-state index is 0.0323. The first-order valence-electron chi connectivity index (χ1n) is 17.2. The number of thioether (sulfide) groups is 1. The van der Waals surface area contributed by atoms with Crippen molar-refractivity contribution in [2.75, 3.05) is 43.6 Å². The van der Waals surface area contributed by atoms with Crippen LogP contribution in [0.15, 0.2) is 67.0 Å². The lowest BCUT2D eigenvalue weighted by Gasteiger charge is -2.27. The number of benzene rings is 2. The fraction of sp³-hybridized carbons (Fsp3) is 0.289. The number of hydrogen-bond acceptors (Lipinski definition) is 10. The van der Waals surface area contributed by atoms with E-state index in [2.05, 4.69) is 31.2 Å². The van der Waals surface area contributed by atoms with E-state index in [4.69, 9.17) is 4.74 Å². The van der Waals surface area contributed by atoms with Gasteiger partial charge in [0, 0.05) is 60.4 Å². The zero-order chi connectivity index (χ0) is 37.3. The Balaban J connectivity index is 0.851. The number of unbranched alkanes of at least 4 members (excludes halogenated alkanes) is 1. The second kappa shape index (κ2) is 17.0. The van der Waals surface area contributed by atoms with Gasteiger partial charge in [-0.2, -0.15) is 11.8 Å². The molecular formula is C38H39N7O7S. The molecule has 2 aromatic carbocycles. The van der Waals surface area contributed by atoms with Gasteiger partial charge in [0.05, 0.1) is 24.8 Å². The summed E-state index contributed by atoms with van der Waals surface area (Å²) in [5.74, 6) is -0.471. The summed E-state index contributed by atoms with van der Waals surface area (Å²) >= 11 is 1.69. The van der Waals surface area contributed by atoms with Gasteiger partial charge in [-0.25, -0.2) is 4.98 Å². The molecule has 15 heteroatoms. The van der Waals surface area contributed by atoms with Crippen LogP contribution in [0.4, 0.5) is 5.69 Å². The summed E-state index contributed by atoms with van der Waals surface area (Å²) in [6, 6.07) is 13.4. The number of imide groups is 2. The molecule has 2 aliphatic heterocycles. The molecule has 0 saturated carbocycles. The highest BCUT2D eigenvalue weighted by atomic mass is 32.2. The van der Waals surface area contributed by atoms with E-state index in [0.29, 0.717) is 24.5 Å². The number of nitrogens with zero attached hydrogens (tertiary/aromatic N) is 2. The van der Waals surface area contributed by atoms with Gasteiger partial charge in [-0.15, -0.1) is 0 Å². The first-order chi connectivity index (χ1) is 25.7. The normalized spacial score (nSPS) is 15.5. The number of aromatic amines is 1. The Bertz CT molecular complexity index is 2080. The highest BCUT2D eigenvalue weighted by molar-refractivity contribution is 7.99. The molecule has 2 aromatic heterocycles. The zero-order valence-electron chi connectivity index (χ0n) is 29.0. The Kier molecular flexibility index (Phi) is 11.8. The van der Waals surface area contributed by atoms with Crippen LogP contribution in [-0.4, -0.2) is 94.6 Å². The number of ether oxygens (including phenoxy) is 1. The summed E-state index contributed by atoms with van der Waals surface area (Å²) in [6.07, 6.45) is 8.70. The summed E-state index contributed by atoms with van der Waals surface area (Å²) < 4.78 is 5.26. The number of piperidine rings is 1. The molecule has 1 saturated heterocycles. The van der Waals surface area contributed by atoms with Crippen LogP contribution in [0.2, 0.25) is 0 Å². The summed E-state index contributed by atoms with van der Waals surface area (Å²) in [6.45, 7) is 0.883. The van der Waals surface area contributed by atoms with E-state index in [-0.39, 0.29) is 42.3 Å². The quantitative estimate of drug-likeness (QED) is 0.0646. The molecule has 1 atom stereocenters. The predicted molar refractivity (Wildman–Crippen MR) is 201 cm³/mol. The number of anilines is 1. The van der Waals surface area contributed by atoms with E-state index in [1.807, 2.05) is 36.5 Å². The van der Waals surface area contributed by atoms with Crippen molar-refractivity contribution >= 4 is 70.0 Å². The summed E-state index contributed by atoms with van der Waals surface area (Å²) in [7, 11) is 1.63. The average Bonchev–Trinajstić information content (AvgIpc) is 3.70. The predicted octanol–water partition coefficient (Wildman–Crippen LogP) is 3.51. The zero-order valence-corrected chi connectivity index (χ0v) is 29.8. The van der Waals surface area contributed by atoms with Crippen LogP contribution < -0.4 is 26.0 Å². The SMILES string of the molecule is COc1ccc(-c2c[nH]c3ncc(/C=C/C(=O)NCCCCSCCNC(=O)CNc4cccc5c4C(=O)N(C4CCC(=O)NC4=O)C5=O)cc23)cc1. The molecule has 1 unspecified atom stereocenters. The van der Waals surface area contributed by atoms with Crippen molar-refractivity contribution in [1.29, 1.82) is 0 Å². The molecule has 0 bridgehead atoms. The van der Waals surface area contributed by atoms with Crippen molar-refractivity contribution in [3.8, 4) is 16.9 Å². The smallest absolute Gasteiger partial charge is 0.264 e. The van der Waals surface area contributed by atoms with E-state index in [9.17, 15) is 28.8 Å². The molecule has 53 heavy (non-hydrogen) atoms. The number of hydrogen-bond donors (Lipinski definition) is 5. The molecule has 1 fully saturated rings. The Labute approximate surface area is 309 Å². The Morgan fingerprint density at radius 3 is 2.62 bits per heavy atom. The lowest BCUT2D eigenvalue weighted by atomic mass is 10.0. The highest BCUT2D eigenvalue weighted by Crippen LogP contribution is 2.33. The van der Waals surface area contributed by atoms with Crippen molar-refractivity contribution in [2.24, 2.45) is 0 Å². The first kappa shape index (κ1) is 36.8. The molecule has 0 aliphatic carbocycles. The van der Waals surface area contributed by atoms with E-state index in [1.165, 1.54) is 12.1 Å². The minimum atomic E-state index is -1.06. The largest absolute Gasteiger partial charge is 0.497 e. The number of carbonyl (C=O) groups excluding carboxylic acids is 6. The number of nitrogens with one attached hydrogen (secondary N) is 5. The van der Waals surface area contributed by atoms with E-state index in [0.717, 1.165) is 57.0 Å². The van der Waals surface area contributed by atoms with Gasteiger partial charge >= 0.3 is 0 Å². The Hall–Kier alpha value is -5.96. The molecule has 14 nitrogen and oxygen atoms in total. The molecular weight excluding hydrogens is 699 g/mol. The van der Waals surface area contributed by atoms with Crippen molar-refractivity contribution in [3.05, 3.63) is 83.7 Å². The molecule has 4 aromatic rings. The Morgan fingerprint density at radius 2 is 1.83 bits per heavy atom. The van der Waals surface area contributed by atoms with E-state index in [1.54, 1.807) is 43.3 Å². The van der Waals surface area contributed by atoms with Gasteiger partial charge in [-0.05, 0) is 72.6 Å². The fourth-order valence-electron chi connectivity index (χ4n) is 6.16. The van der Waals surface area contributed by atoms with Crippen LogP contribution in [0.25, 0.3) is 28.2 Å². The molecule has 274 valence electrons. The number of amides is 6. The van der Waals surface area contributed by atoms with Crippen LogP contribution in [0, 0.1) is 0 Å². The third-order valence-electron chi connectivity index (χ3n) is 8.87. The maximum absolute atomic E-state index is 13.2. The van der Waals surface area contributed by atoms with Crippen LogP contribution in [0.5, 0.6) is 5.75 Å². The maximum atomic E-state index is 13.2. The minimum Gasteiger partial charge on any atom is -0.497 e. The van der Waals surface area contributed by atoms with Crippen LogP contribution >= 0.6 is 11.8 Å². The summed E-state index contributed by atoms with van der Waals surface area (Å²) in [5, 5.41) is 11.8. The number of carbonyl (C=O) groups is 6. The van der Waals surface area contributed by atoms with Crippen molar-refractivity contribution in [2.45, 2.75) is 31.7 Å². The summed E-state index contributed by atoms with van der Waals surface area (Å²) in [5.41, 5.74) is 4.18. The Morgan fingerprint density at radius 1 is 1.00 bits per heavy atom. The number of H-pyrrole nitrogens is 1. The lowest BCUT2D eigenvalue weighted by molar-refractivity contribution is -0.136. The molecule has 6 rings (SSSR count). The van der Waals surface area contributed by atoms with Gasteiger partial charge in [0.2, 0.25) is 23.6 Å². The van der Waals surface area contributed by atoms with Crippen LogP contribution in [0.1, 0.15) is 52.0 Å². The van der Waals surface area contributed by atoms with Crippen molar-refractivity contribution < 1.29 is 33.5 Å². The van der Waals surface area contributed by atoms with Gasteiger partial charge in [0.25, 0.3) is 11.8 Å². The lowest BCUT2D eigenvalue weighted by Crippen LogP contribution is -2.54. The topological polar surface area (TPSA) is 192 Å². The number of methoxy groups -OCH3 is 1. The van der Waals surface area contributed by atoms with Gasteiger partial charge < -0.3 is 25.7 Å². The molecule has 0 radical (unpaired) electrons. The van der Waals surface area contributed by atoms with Crippen molar-refractivity contribution in [3.63, 3.8) is 0 Å². The van der Waals surface area contributed by atoms with Crippen LogP contribution in [-0.2, 0) is 19.2 Å². The van der Waals surface area contributed by atoms with Gasteiger partial charge in [0.1, 0.15) is 17.4 Å². The van der Waals surface area contributed by atoms with Gasteiger partial charge in [-0.3, -0.25) is 39.0 Å². The van der Waals surface area contributed by atoms with Crippen LogP contribution in [0.3, 0.4) is 0 Å². The highest BCUT2D eigenvalue weighted by Gasteiger charge is 2.45. The monoisotopic (exact) mass is 737 g/mol. The molecule has 6 amide bonds. The average molecular weight is 738 g/mol. The fourth-order valence-corrected chi connectivity index (χ4v) is 7.02. The van der Waals surface area contributed by atoms with Gasteiger partial charge in [-0.1, -0.05) is 18.2 Å². The molecule has 5 N–H and O–H groups in total. The summed E-state index contributed by atoms with van der Waals surface area (Å²) in [4.78, 5) is 83.5. The molecule has 2 aliphatic rings. The van der Waals surface area contributed by atoms with E-state index >= 15 is 0 Å². The second-order valence-electron chi connectivity index (χ2n) is 12.4. The number of rotatable bonds is 16. The van der Waals surface area contributed by atoms with Crippen molar-refractivity contribution in [1.82, 2.24) is 30.8 Å².